The van der Waals surface area contributed by atoms with E-state index in [9.17, 15) is 0 Å². The van der Waals surface area contributed by atoms with Crippen LogP contribution in [0.15, 0.2) is 67.0 Å². The third kappa shape index (κ3) is 5.44. The molecule has 0 spiro atoms. The molecule has 4 aromatic rings. The van der Waals surface area contributed by atoms with Gasteiger partial charge >= 0.3 is 0 Å². The average Bonchev–Trinajstić information content (AvgIpc) is 3.36. The number of anilines is 2. The summed E-state index contributed by atoms with van der Waals surface area (Å²) in [6.07, 6.45) is 3.75. The van der Waals surface area contributed by atoms with Gasteiger partial charge in [0.25, 0.3) is 0 Å². The summed E-state index contributed by atoms with van der Waals surface area (Å²) in [7, 11) is 0. The van der Waals surface area contributed by atoms with Gasteiger partial charge in [-0.05, 0) is 42.4 Å². The van der Waals surface area contributed by atoms with Crippen molar-refractivity contribution in [3.63, 3.8) is 0 Å². The molecule has 31 heavy (non-hydrogen) atoms. The predicted octanol–water partition coefficient (Wildman–Crippen LogP) is 5.60. The molecule has 0 atom stereocenters. The maximum absolute atomic E-state index is 6.24. The number of benzene rings is 2. The lowest BCUT2D eigenvalue weighted by Gasteiger charge is -2.08. The molecule has 2 aromatic carbocycles. The van der Waals surface area contributed by atoms with E-state index < -0.39 is 0 Å². The van der Waals surface area contributed by atoms with Crippen LogP contribution in [0.3, 0.4) is 0 Å². The number of halogens is 2. The Labute approximate surface area is 195 Å². The van der Waals surface area contributed by atoms with Crippen LogP contribution < -0.4 is 10.6 Å². The molecule has 158 valence electrons. The molecule has 0 aliphatic carbocycles. The van der Waals surface area contributed by atoms with Gasteiger partial charge in [0.2, 0.25) is 0 Å². The third-order valence-corrected chi connectivity index (χ3v) is 5.65. The zero-order valence-electron chi connectivity index (χ0n) is 16.7. The number of thiocarbonyl (C=S) groups is 1. The summed E-state index contributed by atoms with van der Waals surface area (Å²) >= 11 is 17.9. The highest BCUT2D eigenvalue weighted by Crippen LogP contribution is 2.25. The molecule has 2 aromatic heterocycles. The monoisotopic (exact) mass is 470 g/mol. The molecular formula is C22H20Cl2N6S. The van der Waals surface area contributed by atoms with Gasteiger partial charge in [-0.2, -0.15) is 10.2 Å². The molecule has 2 heterocycles. The Hall–Kier alpha value is -2.87. The van der Waals surface area contributed by atoms with Crippen LogP contribution >= 0.6 is 35.4 Å². The minimum Gasteiger partial charge on any atom is -0.316 e. The van der Waals surface area contributed by atoms with Gasteiger partial charge in [0.05, 0.1) is 13.1 Å². The van der Waals surface area contributed by atoms with Crippen molar-refractivity contribution >= 4 is 52.2 Å². The molecule has 0 fully saturated rings. The number of rotatable bonds is 6. The average molecular weight is 471 g/mol. The maximum atomic E-state index is 6.24. The van der Waals surface area contributed by atoms with Gasteiger partial charge in [0, 0.05) is 40.1 Å². The topological polar surface area (TPSA) is 59.7 Å². The number of nitrogens with one attached hydrogen (secondary N) is 2. The van der Waals surface area contributed by atoms with Crippen molar-refractivity contribution in [3.8, 4) is 0 Å². The van der Waals surface area contributed by atoms with E-state index in [0.717, 1.165) is 5.56 Å². The Morgan fingerprint density at radius 2 is 1.42 bits per heavy atom. The van der Waals surface area contributed by atoms with Crippen molar-refractivity contribution in [2.45, 2.75) is 20.0 Å². The zero-order chi connectivity index (χ0) is 21.8. The van der Waals surface area contributed by atoms with Crippen molar-refractivity contribution in [1.82, 2.24) is 19.6 Å². The number of nitrogens with zero attached hydrogens (tertiary/aromatic N) is 4. The van der Waals surface area contributed by atoms with Crippen LogP contribution in [0.4, 0.5) is 11.6 Å². The van der Waals surface area contributed by atoms with Crippen molar-refractivity contribution < 1.29 is 0 Å². The molecule has 0 aliphatic heterocycles. The van der Waals surface area contributed by atoms with Crippen LogP contribution in [0.5, 0.6) is 0 Å². The molecule has 9 heteroatoms. The highest BCUT2D eigenvalue weighted by atomic mass is 35.5. The van der Waals surface area contributed by atoms with Crippen molar-refractivity contribution in [2.24, 2.45) is 0 Å². The van der Waals surface area contributed by atoms with E-state index in [4.69, 9.17) is 35.4 Å². The number of hydrogen-bond acceptors (Lipinski definition) is 3. The second-order valence-electron chi connectivity index (χ2n) is 7.00. The quantitative estimate of drug-likeness (QED) is 0.359. The lowest BCUT2D eigenvalue weighted by atomic mass is 10.1. The van der Waals surface area contributed by atoms with E-state index in [-0.39, 0.29) is 0 Å². The van der Waals surface area contributed by atoms with Gasteiger partial charge < -0.3 is 10.6 Å². The number of aromatic nitrogens is 4. The summed E-state index contributed by atoms with van der Waals surface area (Å²) in [5.41, 5.74) is 3.28. The zero-order valence-corrected chi connectivity index (χ0v) is 19.0. The fourth-order valence-corrected chi connectivity index (χ4v) is 3.83. The highest BCUT2D eigenvalue weighted by molar-refractivity contribution is 7.80. The standard InChI is InChI=1S/C22H20Cl2N6S/c1-15-5-2-3-6-16(15)13-29-11-9-20(27-29)25-22(31)26-21-10-12-30(28-21)14-17-18(23)7-4-8-19(17)24/h2-12H,13-14H2,1H3,(H2,25,26,27,28,31). The summed E-state index contributed by atoms with van der Waals surface area (Å²) < 4.78 is 3.62. The summed E-state index contributed by atoms with van der Waals surface area (Å²) in [6.45, 7) is 3.25. The molecular weight excluding hydrogens is 451 g/mol. The van der Waals surface area contributed by atoms with E-state index in [1.807, 2.05) is 59.5 Å². The van der Waals surface area contributed by atoms with Crippen molar-refractivity contribution in [1.29, 1.82) is 0 Å². The second kappa shape index (κ2) is 9.51. The van der Waals surface area contributed by atoms with Gasteiger partial charge in [0.1, 0.15) is 0 Å². The lowest BCUT2D eigenvalue weighted by molar-refractivity contribution is 0.687. The van der Waals surface area contributed by atoms with E-state index in [0.29, 0.717) is 39.9 Å². The molecule has 2 N–H and O–H groups in total. The normalized spacial score (nSPS) is 10.8. The first-order chi connectivity index (χ1) is 15.0. The van der Waals surface area contributed by atoms with E-state index in [1.165, 1.54) is 11.1 Å². The lowest BCUT2D eigenvalue weighted by Crippen LogP contribution is -2.20. The second-order valence-corrected chi connectivity index (χ2v) is 8.23. The fourth-order valence-electron chi connectivity index (χ4n) is 3.10. The molecule has 0 bridgehead atoms. The van der Waals surface area contributed by atoms with Gasteiger partial charge in [-0.15, -0.1) is 0 Å². The Kier molecular flexibility index (Phi) is 6.56. The van der Waals surface area contributed by atoms with Crippen LogP contribution in [0, 0.1) is 6.92 Å². The molecule has 0 amide bonds. The summed E-state index contributed by atoms with van der Waals surface area (Å²) in [6, 6.07) is 17.4. The maximum Gasteiger partial charge on any atom is 0.177 e. The minimum absolute atomic E-state index is 0.405. The molecule has 0 unspecified atom stereocenters. The van der Waals surface area contributed by atoms with Gasteiger partial charge in [-0.3, -0.25) is 9.36 Å². The van der Waals surface area contributed by atoms with E-state index in [1.54, 1.807) is 4.68 Å². The Balaban J connectivity index is 1.35. The first-order valence-corrected chi connectivity index (χ1v) is 10.8. The fraction of sp³-hybridized carbons (Fsp3) is 0.136. The van der Waals surface area contributed by atoms with Crippen molar-refractivity contribution in [3.05, 3.63) is 93.7 Å². The molecule has 0 radical (unpaired) electrons. The third-order valence-electron chi connectivity index (χ3n) is 4.74. The van der Waals surface area contributed by atoms with Gasteiger partial charge in [-0.25, -0.2) is 0 Å². The number of aryl methyl sites for hydroxylation is 1. The Morgan fingerprint density at radius 1 is 0.839 bits per heavy atom. The van der Waals surface area contributed by atoms with Crippen LogP contribution in [-0.2, 0) is 13.1 Å². The largest absolute Gasteiger partial charge is 0.316 e. The number of hydrogen-bond donors (Lipinski definition) is 2. The molecule has 0 saturated heterocycles. The smallest absolute Gasteiger partial charge is 0.177 e. The van der Waals surface area contributed by atoms with Crippen LogP contribution in [0.1, 0.15) is 16.7 Å². The summed E-state index contributed by atoms with van der Waals surface area (Å²) in [4.78, 5) is 0. The predicted molar refractivity (Wildman–Crippen MR) is 130 cm³/mol. The summed E-state index contributed by atoms with van der Waals surface area (Å²) in [5.74, 6) is 1.27. The van der Waals surface area contributed by atoms with E-state index in [2.05, 4.69) is 39.9 Å². The van der Waals surface area contributed by atoms with Gasteiger partial charge in [0.15, 0.2) is 16.7 Å². The van der Waals surface area contributed by atoms with Crippen LogP contribution in [0.25, 0.3) is 0 Å². The summed E-state index contributed by atoms with van der Waals surface area (Å²) in [5, 5.41) is 16.8. The minimum atomic E-state index is 0.405. The molecule has 0 saturated carbocycles. The highest BCUT2D eigenvalue weighted by Gasteiger charge is 2.09. The van der Waals surface area contributed by atoms with Crippen LogP contribution in [0.2, 0.25) is 10.0 Å². The SMILES string of the molecule is Cc1ccccc1Cn1ccc(NC(=S)Nc2ccn(Cc3c(Cl)cccc3Cl)n2)n1. The van der Waals surface area contributed by atoms with Gasteiger partial charge in [-0.1, -0.05) is 53.5 Å². The Morgan fingerprint density at radius 3 is 2.03 bits per heavy atom. The van der Waals surface area contributed by atoms with Crippen molar-refractivity contribution in [2.75, 3.05) is 10.6 Å². The first-order valence-electron chi connectivity index (χ1n) is 9.60. The molecule has 6 nitrogen and oxygen atoms in total. The molecule has 4 rings (SSSR count). The Bertz CT molecular complexity index is 1200. The molecule has 0 aliphatic rings. The first kappa shape index (κ1) is 21.4. The van der Waals surface area contributed by atoms with Crippen LogP contribution in [-0.4, -0.2) is 24.7 Å². The van der Waals surface area contributed by atoms with E-state index >= 15 is 0 Å².